The van der Waals surface area contributed by atoms with E-state index in [1.165, 1.54) is 18.2 Å². The minimum Gasteiger partial charge on any atom is -0.506 e. The molecule has 0 radical (unpaired) electrons. The van der Waals surface area contributed by atoms with E-state index in [9.17, 15) is 13.5 Å². The van der Waals surface area contributed by atoms with Gasteiger partial charge in [-0.1, -0.05) is 23.2 Å². The molecular formula is C13H12Cl2N2O3S. The fraction of sp³-hybridized carbons (Fsp3) is 0.0769. The van der Waals surface area contributed by atoms with Crippen molar-refractivity contribution in [2.24, 2.45) is 0 Å². The van der Waals surface area contributed by atoms with E-state index in [-0.39, 0.29) is 27.0 Å². The number of anilines is 2. The molecular weight excluding hydrogens is 335 g/mol. The first-order valence-electron chi connectivity index (χ1n) is 5.77. The van der Waals surface area contributed by atoms with Crippen molar-refractivity contribution in [3.63, 3.8) is 0 Å². The number of sulfonamides is 1. The highest BCUT2D eigenvalue weighted by molar-refractivity contribution is 7.92. The molecule has 8 heteroatoms. The summed E-state index contributed by atoms with van der Waals surface area (Å²) in [5.41, 5.74) is 6.36. The summed E-state index contributed by atoms with van der Waals surface area (Å²) in [4.78, 5) is -0.0921. The largest absolute Gasteiger partial charge is 0.506 e. The van der Waals surface area contributed by atoms with Gasteiger partial charge in [0.15, 0.2) is 0 Å². The molecule has 112 valence electrons. The molecule has 5 nitrogen and oxygen atoms in total. The molecule has 0 fully saturated rings. The lowest BCUT2D eigenvalue weighted by molar-refractivity contribution is 0.477. The number of aryl methyl sites for hydroxylation is 1. The van der Waals surface area contributed by atoms with Crippen LogP contribution in [0.1, 0.15) is 5.56 Å². The van der Waals surface area contributed by atoms with Crippen LogP contribution in [0.5, 0.6) is 5.75 Å². The molecule has 0 atom stereocenters. The van der Waals surface area contributed by atoms with E-state index in [1.54, 1.807) is 13.0 Å². The number of nitrogens with two attached hydrogens (primary N) is 1. The van der Waals surface area contributed by atoms with Gasteiger partial charge >= 0.3 is 0 Å². The Morgan fingerprint density at radius 1 is 1.14 bits per heavy atom. The minimum absolute atomic E-state index is 0.0362. The summed E-state index contributed by atoms with van der Waals surface area (Å²) in [5, 5.41) is 9.95. The average Bonchev–Trinajstić information content (AvgIpc) is 2.39. The number of benzene rings is 2. The summed E-state index contributed by atoms with van der Waals surface area (Å²) in [6, 6.07) is 6.58. The van der Waals surface area contributed by atoms with Gasteiger partial charge in [-0.05, 0) is 42.8 Å². The van der Waals surface area contributed by atoms with Crippen molar-refractivity contribution >= 4 is 44.6 Å². The Bertz CT molecular complexity index is 807. The van der Waals surface area contributed by atoms with Crippen LogP contribution in [-0.4, -0.2) is 13.5 Å². The van der Waals surface area contributed by atoms with Gasteiger partial charge in [0, 0.05) is 5.02 Å². The molecule has 0 saturated carbocycles. The fourth-order valence-corrected chi connectivity index (χ4v) is 3.22. The van der Waals surface area contributed by atoms with E-state index < -0.39 is 10.0 Å². The highest BCUT2D eigenvalue weighted by atomic mass is 35.5. The second-order valence-corrected chi connectivity index (χ2v) is 6.90. The summed E-state index contributed by atoms with van der Waals surface area (Å²) < 4.78 is 26.9. The van der Waals surface area contributed by atoms with Crippen LogP contribution < -0.4 is 10.5 Å². The Balaban J connectivity index is 2.42. The standard InChI is InChI=1S/C13H12Cl2N2O3S/c1-7-4-10(15)12(6-9(7)14)17-21(19,20)8-2-3-13(18)11(16)5-8/h2-6,17-18H,16H2,1H3. The van der Waals surface area contributed by atoms with Gasteiger partial charge in [0.05, 0.1) is 21.3 Å². The van der Waals surface area contributed by atoms with Crippen molar-refractivity contribution in [3.8, 4) is 5.75 Å². The molecule has 2 aromatic rings. The summed E-state index contributed by atoms with van der Waals surface area (Å²) in [6.45, 7) is 1.76. The normalized spacial score (nSPS) is 11.4. The highest BCUT2D eigenvalue weighted by Gasteiger charge is 2.17. The Morgan fingerprint density at radius 3 is 2.43 bits per heavy atom. The van der Waals surface area contributed by atoms with Crippen LogP contribution in [0.3, 0.4) is 0 Å². The zero-order chi connectivity index (χ0) is 15.8. The maximum Gasteiger partial charge on any atom is 0.262 e. The van der Waals surface area contributed by atoms with Crippen LogP contribution in [0, 0.1) is 6.92 Å². The number of nitrogen functional groups attached to an aromatic ring is 1. The SMILES string of the molecule is Cc1cc(Cl)c(NS(=O)(=O)c2ccc(O)c(N)c2)cc1Cl. The topological polar surface area (TPSA) is 92.4 Å². The number of aromatic hydroxyl groups is 1. The van der Waals surface area contributed by atoms with Gasteiger partial charge in [-0.15, -0.1) is 0 Å². The molecule has 2 aromatic carbocycles. The Hall–Kier alpha value is -1.63. The first-order chi connectivity index (χ1) is 9.70. The van der Waals surface area contributed by atoms with E-state index in [0.29, 0.717) is 5.02 Å². The molecule has 21 heavy (non-hydrogen) atoms. The van der Waals surface area contributed by atoms with Gasteiger partial charge in [-0.3, -0.25) is 4.72 Å². The van der Waals surface area contributed by atoms with E-state index in [1.807, 2.05) is 0 Å². The predicted octanol–water partition coefficient (Wildman–Crippen LogP) is 3.39. The van der Waals surface area contributed by atoms with E-state index >= 15 is 0 Å². The second-order valence-electron chi connectivity index (χ2n) is 4.41. The van der Waals surface area contributed by atoms with Gasteiger partial charge in [0.2, 0.25) is 0 Å². The van der Waals surface area contributed by atoms with Crippen molar-refractivity contribution < 1.29 is 13.5 Å². The van der Waals surface area contributed by atoms with Crippen LogP contribution in [0.2, 0.25) is 10.0 Å². The number of rotatable bonds is 3. The molecule has 0 aliphatic carbocycles. The van der Waals surface area contributed by atoms with Crippen molar-refractivity contribution in [1.29, 1.82) is 0 Å². The van der Waals surface area contributed by atoms with Gasteiger partial charge < -0.3 is 10.8 Å². The first kappa shape index (κ1) is 15.8. The summed E-state index contributed by atoms with van der Waals surface area (Å²) in [6.07, 6.45) is 0. The van der Waals surface area contributed by atoms with Gasteiger partial charge in [0.25, 0.3) is 10.0 Å². The van der Waals surface area contributed by atoms with Crippen molar-refractivity contribution in [2.45, 2.75) is 11.8 Å². The zero-order valence-electron chi connectivity index (χ0n) is 10.9. The summed E-state index contributed by atoms with van der Waals surface area (Å²) >= 11 is 12.0. The Labute approximate surface area is 132 Å². The molecule has 4 N–H and O–H groups in total. The fourth-order valence-electron chi connectivity index (χ4n) is 1.63. The molecule has 0 amide bonds. The van der Waals surface area contributed by atoms with Gasteiger partial charge in [-0.2, -0.15) is 0 Å². The summed E-state index contributed by atoms with van der Waals surface area (Å²) in [7, 11) is -3.89. The average molecular weight is 347 g/mol. The van der Waals surface area contributed by atoms with E-state index in [4.69, 9.17) is 28.9 Å². The highest BCUT2D eigenvalue weighted by Crippen LogP contribution is 2.31. The lowest BCUT2D eigenvalue weighted by Gasteiger charge is -2.12. The van der Waals surface area contributed by atoms with Crippen LogP contribution in [0.25, 0.3) is 0 Å². The number of hydrogen-bond donors (Lipinski definition) is 3. The number of hydrogen-bond acceptors (Lipinski definition) is 4. The van der Waals surface area contributed by atoms with Crippen LogP contribution in [0.15, 0.2) is 35.2 Å². The van der Waals surface area contributed by atoms with Crippen LogP contribution >= 0.6 is 23.2 Å². The third-order valence-corrected chi connectivity index (χ3v) is 4.89. The monoisotopic (exact) mass is 346 g/mol. The van der Waals surface area contributed by atoms with Gasteiger partial charge in [-0.25, -0.2) is 8.42 Å². The second kappa shape index (κ2) is 5.63. The maximum atomic E-state index is 12.3. The molecule has 0 spiro atoms. The lowest BCUT2D eigenvalue weighted by atomic mass is 10.2. The third-order valence-electron chi connectivity index (χ3n) is 2.80. The number of nitrogens with one attached hydrogen (secondary N) is 1. The molecule has 0 aliphatic rings. The molecule has 0 bridgehead atoms. The molecule has 0 aliphatic heterocycles. The third kappa shape index (κ3) is 3.34. The molecule has 2 rings (SSSR count). The molecule has 0 unspecified atom stereocenters. The summed E-state index contributed by atoms with van der Waals surface area (Å²) in [5.74, 6) is -0.189. The van der Waals surface area contributed by atoms with Crippen LogP contribution in [-0.2, 0) is 10.0 Å². The van der Waals surface area contributed by atoms with Crippen molar-refractivity contribution in [2.75, 3.05) is 10.5 Å². The van der Waals surface area contributed by atoms with Crippen molar-refractivity contribution in [3.05, 3.63) is 45.9 Å². The van der Waals surface area contributed by atoms with Gasteiger partial charge in [0.1, 0.15) is 5.75 Å². The Kier molecular flexibility index (Phi) is 4.22. The predicted molar refractivity (Wildman–Crippen MR) is 84.5 cm³/mol. The lowest BCUT2D eigenvalue weighted by Crippen LogP contribution is -2.13. The first-order valence-corrected chi connectivity index (χ1v) is 8.01. The molecule has 0 aromatic heterocycles. The van der Waals surface area contributed by atoms with E-state index in [0.717, 1.165) is 11.6 Å². The number of phenols is 1. The Morgan fingerprint density at radius 2 is 1.81 bits per heavy atom. The molecule has 0 heterocycles. The zero-order valence-corrected chi connectivity index (χ0v) is 13.2. The van der Waals surface area contributed by atoms with Crippen LogP contribution in [0.4, 0.5) is 11.4 Å². The quantitative estimate of drug-likeness (QED) is 0.586. The molecule has 0 saturated heterocycles. The number of phenolic OH excluding ortho intramolecular Hbond substituents is 1. The maximum absolute atomic E-state index is 12.3. The smallest absolute Gasteiger partial charge is 0.262 e. The minimum atomic E-state index is -3.89. The number of halogens is 2. The van der Waals surface area contributed by atoms with E-state index in [2.05, 4.69) is 4.72 Å². The van der Waals surface area contributed by atoms with Crippen molar-refractivity contribution in [1.82, 2.24) is 0 Å².